The summed E-state index contributed by atoms with van der Waals surface area (Å²) >= 11 is 0. The Labute approximate surface area is 144 Å². The third-order valence-electron chi connectivity index (χ3n) is 3.61. The zero-order valence-corrected chi connectivity index (χ0v) is 15.5. The van der Waals surface area contributed by atoms with Crippen molar-refractivity contribution in [2.75, 3.05) is 19.3 Å². The molecule has 0 unspecified atom stereocenters. The molecular weight excluding hydrogens is 326 g/mol. The van der Waals surface area contributed by atoms with Gasteiger partial charge in [0, 0.05) is 19.3 Å². The zero-order chi connectivity index (χ0) is 18.0. The molecule has 1 aliphatic heterocycles. The maximum atomic E-state index is 12.1. The Kier molecular flexibility index (Phi) is 5.38. The van der Waals surface area contributed by atoms with Crippen molar-refractivity contribution >= 4 is 21.5 Å². The van der Waals surface area contributed by atoms with E-state index >= 15 is 0 Å². The van der Waals surface area contributed by atoms with Crippen LogP contribution in [0.4, 0.5) is 4.79 Å². The van der Waals surface area contributed by atoms with Crippen LogP contribution in [0.5, 0.6) is 0 Å². The highest BCUT2D eigenvalue weighted by Gasteiger charge is 2.23. The van der Waals surface area contributed by atoms with Crippen LogP contribution >= 0.6 is 0 Å². The fraction of sp³-hybridized carbons (Fsp3) is 0.500. The third kappa shape index (κ3) is 5.67. The van der Waals surface area contributed by atoms with Gasteiger partial charge >= 0.3 is 6.09 Å². The molecule has 0 radical (unpaired) electrons. The fourth-order valence-electron chi connectivity index (χ4n) is 2.54. The van der Waals surface area contributed by atoms with Crippen molar-refractivity contribution in [3.63, 3.8) is 0 Å². The van der Waals surface area contributed by atoms with E-state index in [9.17, 15) is 13.2 Å². The minimum atomic E-state index is -3.02. The van der Waals surface area contributed by atoms with E-state index in [1.165, 1.54) is 11.8 Å². The molecule has 2 rings (SSSR count). The minimum absolute atomic E-state index is 0.0543. The number of nitrogens with zero attached hydrogens (tertiary/aromatic N) is 1. The van der Waals surface area contributed by atoms with Crippen LogP contribution in [-0.2, 0) is 20.3 Å². The summed E-state index contributed by atoms with van der Waals surface area (Å²) in [5, 5.41) is 0. The van der Waals surface area contributed by atoms with Crippen molar-refractivity contribution in [1.29, 1.82) is 0 Å². The number of carbonyl (C=O) groups is 1. The second kappa shape index (κ2) is 6.97. The molecule has 1 aromatic rings. The Hall–Kier alpha value is -1.82. The molecule has 6 heteroatoms. The van der Waals surface area contributed by atoms with Crippen LogP contribution in [-0.4, -0.2) is 44.4 Å². The molecule has 1 heterocycles. The second-order valence-corrected chi connectivity index (χ2v) is 9.31. The molecule has 0 atom stereocenters. The molecule has 0 aromatic heterocycles. The van der Waals surface area contributed by atoms with E-state index in [0.717, 1.165) is 17.5 Å². The predicted molar refractivity (Wildman–Crippen MR) is 95.4 cm³/mol. The molecule has 1 amide bonds. The Bertz CT molecular complexity index is 727. The topological polar surface area (TPSA) is 63.7 Å². The summed E-state index contributed by atoms with van der Waals surface area (Å²) in [7, 11) is -3.02. The molecule has 24 heavy (non-hydrogen) atoms. The van der Waals surface area contributed by atoms with Gasteiger partial charge in [-0.2, -0.15) is 0 Å². The Balaban J connectivity index is 2.01. The average Bonchev–Trinajstić information content (AvgIpc) is 2.45. The zero-order valence-electron chi connectivity index (χ0n) is 14.7. The third-order valence-corrected chi connectivity index (χ3v) is 4.47. The summed E-state index contributed by atoms with van der Waals surface area (Å²) in [6.45, 7) is 6.71. The van der Waals surface area contributed by atoms with Crippen LogP contribution in [0, 0.1) is 0 Å². The van der Waals surface area contributed by atoms with Crippen molar-refractivity contribution in [3.05, 3.63) is 41.5 Å². The summed E-state index contributed by atoms with van der Waals surface area (Å²) in [6.07, 6.45) is 3.72. The highest BCUT2D eigenvalue weighted by atomic mass is 32.2. The lowest BCUT2D eigenvalue weighted by Gasteiger charge is -2.29. The first-order chi connectivity index (χ1) is 11.0. The van der Waals surface area contributed by atoms with Crippen LogP contribution in [0.3, 0.4) is 0 Å². The largest absolute Gasteiger partial charge is 0.444 e. The lowest BCUT2D eigenvalue weighted by molar-refractivity contribution is 0.0270. The van der Waals surface area contributed by atoms with E-state index in [-0.39, 0.29) is 11.8 Å². The van der Waals surface area contributed by atoms with E-state index < -0.39 is 15.4 Å². The lowest BCUT2D eigenvalue weighted by atomic mass is 9.99. The number of rotatable bonds is 3. The first kappa shape index (κ1) is 18.5. The van der Waals surface area contributed by atoms with Gasteiger partial charge in [0.15, 0.2) is 9.84 Å². The van der Waals surface area contributed by atoms with Crippen molar-refractivity contribution < 1.29 is 17.9 Å². The monoisotopic (exact) mass is 351 g/mol. The van der Waals surface area contributed by atoms with E-state index in [4.69, 9.17) is 4.74 Å². The minimum Gasteiger partial charge on any atom is -0.444 e. The van der Waals surface area contributed by atoms with Gasteiger partial charge in [0.25, 0.3) is 0 Å². The van der Waals surface area contributed by atoms with E-state index in [2.05, 4.69) is 0 Å². The number of carbonyl (C=O) groups excluding carboxylic acids is 1. The van der Waals surface area contributed by atoms with Gasteiger partial charge in [0.05, 0.1) is 5.75 Å². The molecule has 0 bridgehead atoms. The number of amides is 1. The summed E-state index contributed by atoms with van der Waals surface area (Å²) in [4.78, 5) is 13.7. The Morgan fingerprint density at radius 2 is 1.83 bits per heavy atom. The van der Waals surface area contributed by atoms with E-state index in [0.29, 0.717) is 13.1 Å². The molecule has 1 aliphatic rings. The molecular formula is C18H25NO4S. The van der Waals surface area contributed by atoms with Crippen molar-refractivity contribution in [2.24, 2.45) is 0 Å². The summed E-state index contributed by atoms with van der Waals surface area (Å²) in [5.41, 5.74) is 2.53. The molecule has 132 valence electrons. The summed E-state index contributed by atoms with van der Waals surface area (Å²) < 4.78 is 28.0. The smallest absolute Gasteiger partial charge is 0.410 e. The molecule has 0 N–H and O–H groups in total. The molecule has 0 saturated carbocycles. The lowest BCUT2D eigenvalue weighted by Crippen LogP contribution is -2.39. The van der Waals surface area contributed by atoms with Crippen molar-refractivity contribution in [3.8, 4) is 0 Å². The number of hydrogen-bond donors (Lipinski definition) is 0. The van der Waals surface area contributed by atoms with Gasteiger partial charge in [-0.15, -0.1) is 0 Å². The standard InChI is InChI=1S/C18H25NO4S/c1-18(2,3)23-17(20)19-11-9-16(10-12-19)15-7-5-14(6-8-15)13-24(4,21)22/h5-9H,10-13H2,1-4H3. The first-order valence-corrected chi connectivity index (χ1v) is 10.0. The van der Waals surface area contributed by atoms with E-state index in [1.54, 1.807) is 4.90 Å². The van der Waals surface area contributed by atoms with Gasteiger partial charge in [0.2, 0.25) is 0 Å². The number of sulfone groups is 1. The van der Waals surface area contributed by atoms with Crippen LogP contribution in [0.1, 0.15) is 38.3 Å². The molecule has 0 saturated heterocycles. The highest BCUT2D eigenvalue weighted by Crippen LogP contribution is 2.24. The summed E-state index contributed by atoms with van der Waals surface area (Å²) in [6, 6.07) is 7.57. The highest BCUT2D eigenvalue weighted by molar-refractivity contribution is 7.89. The van der Waals surface area contributed by atoms with Gasteiger partial charge in [-0.1, -0.05) is 30.3 Å². The molecule has 5 nitrogen and oxygen atoms in total. The maximum absolute atomic E-state index is 12.1. The van der Waals surface area contributed by atoms with Crippen LogP contribution in [0.2, 0.25) is 0 Å². The van der Waals surface area contributed by atoms with E-state index in [1.807, 2.05) is 51.1 Å². The molecule has 1 aromatic carbocycles. The van der Waals surface area contributed by atoms with Gasteiger partial charge in [-0.25, -0.2) is 13.2 Å². The molecule has 0 spiro atoms. The number of hydrogen-bond acceptors (Lipinski definition) is 4. The van der Waals surface area contributed by atoms with Gasteiger partial charge in [-0.05, 0) is 43.9 Å². The number of ether oxygens (including phenoxy) is 1. The van der Waals surface area contributed by atoms with Crippen LogP contribution in [0.25, 0.3) is 5.57 Å². The van der Waals surface area contributed by atoms with Crippen molar-refractivity contribution in [1.82, 2.24) is 4.90 Å². The fourth-order valence-corrected chi connectivity index (χ4v) is 3.34. The first-order valence-electron chi connectivity index (χ1n) is 7.97. The van der Waals surface area contributed by atoms with Crippen molar-refractivity contribution in [2.45, 2.75) is 38.5 Å². The summed E-state index contributed by atoms with van der Waals surface area (Å²) in [5.74, 6) is 0.0543. The maximum Gasteiger partial charge on any atom is 0.410 e. The molecule has 0 aliphatic carbocycles. The Morgan fingerprint density at radius 1 is 1.21 bits per heavy atom. The Morgan fingerprint density at radius 3 is 2.29 bits per heavy atom. The predicted octanol–water partition coefficient (Wildman–Crippen LogP) is 3.26. The molecule has 0 fully saturated rings. The number of benzene rings is 1. The van der Waals surface area contributed by atoms with Gasteiger partial charge < -0.3 is 9.64 Å². The van der Waals surface area contributed by atoms with Gasteiger partial charge in [0.1, 0.15) is 5.60 Å². The van der Waals surface area contributed by atoms with Crippen LogP contribution in [0.15, 0.2) is 30.3 Å². The normalized spacial score (nSPS) is 15.8. The second-order valence-electron chi connectivity index (χ2n) is 7.17. The quantitative estimate of drug-likeness (QED) is 0.838. The average molecular weight is 351 g/mol. The SMILES string of the molecule is CC(C)(C)OC(=O)N1CC=C(c2ccc(CS(C)(=O)=O)cc2)CC1. The van der Waals surface area contributed by atoms with Gasteiger partial charge in [-0.3, -0.25) is 0 Å². The van der Waals surface area contributed by atoms with Crippen LogP contribution < -0.4 is 0 Å².